The van der Waals surface area contributed by atoms with Crippen LogP contribution in [0.2, 0.25) is 0 Å². The van der Waals surface area contributed by atoms with Crippen LogP contribution in [0.4, 0.5) is 17.1 Å². The molecule has 0 aliphatic heterocycles. The Morgan fingerprint density at radius 2 is 2.08 bits per heavy atom. The van der Waals surface area contributed by atoms with Gasteiger partial charge < -0.3 is 10.4 Å². The molecule has 3 rings (SSSR count). The number of carboxylic acids is 1. The second-order valence-corrected chi connectivity index (χ2v) is 5.73. The highest BCUT2D eigenvalue weighted by atomic mass is 32.1. The Morgan fingerprint density at radius 1 is 1.25 bits per heavy atom. The molecular formula is C16H11N3O4S. The average Bonchev–Trinajstić information content (AvgIpc) is 3.09. The van der Waals surface area contributed by atoms with Crippen molar-refractivity contribution in [2.24, 2.45) is 0 Å². The van der Waals surface area contributed by atoms with Crippen molar-refractivity contribution in [3.63, 3.8) is 0 Å². The maximum Gasteiger partial charge on any atom is 0.335 e. The second-order valence-electron chi connectivity index (χ2n) is 4.84. The summed E-state index contributed by atoms with van der Waals surface area (Å²) in [5, 5.41) is 25.8. The predicted molar refractivity (Wildman–Crippen MR) is 90.9 cm³/mol. The van der Waals surface area contributed by atoms with E-state index in [4.69, 9.17) is 5.11 Å². The maximum atomic E-state index is 11.2. The van der Waals surface area contributed by atoms with Crippen molar-refractivity contribution >= 4 is 34.4 Å². The number of anilines is 2. The Bertz CT molecular complexity index is 909. The molecule has 120 valence electrons. The van der Waals surface area contributed by atoms with Crippen LogP contribution in [-0.2, 0) is 0 Å². The second kappa shape index (κ2) is 6.47. The summed E-state index contributed by atoms with van der Waals surface area (Å²) in [7, 11) is 0. The molecule has 2 aromatic carbocycles. The molecule has 0 aliphatic rings. The van der Waals surface area contributed by atoms with E-state index in [1.807, 2.05) is 23.6 Å². The molecule has 2 N–H and O–H groups in total. The van der Waals surface area contributed by atoms with E-state index in [2.05, 4.69) is 10.3 Å². The smallest absolute Gasteiger partial charge is 0.335 e. The van der Waals surface area contributed by atoms with Crippen molar-refractivity contribution in [1.82, 2.24) is 4.98 Å². The van der Waals surface area contributed by atoms with Gasteiger partial charge in [0.2, 0.25) is 0 Å². The van der Waals surface area contributed by atoms with Crippen LogP contribution >= 0.6 is 11.3 Å². The quantitative estimate of drug-likeness (QED) is 0.533. The number of nitro groups is 1. The van der Waals surface area contributed by atoms with Crippen LogP contribution in [0.5, 0.6) is 0 Å². The van der Waals surface area contributed by atoms with Gasteiger partial charge in [-0.05, 0) is 24.3 Å². The van der Waals surface area contributed by atoms with E-state index in [0.717, 1.165) is 16.6 Å². The third kappa shape index (κ3) is 3.23. The predicted octanol–water partition coefficient (Wildman–Crippen LogP) is 4.16. The molecule has 0 radical (unpaired) electrons. The molecule has 0 fully saturated rings. The zero-order valence-corrected chi connectivity index (χ0v) is 13.0. The molecule has 3 aromatic rings. The summed E-state index contributed by atoms with van der Waals surface area (Å²) in [6.07, 6.45) is 1.70. The zero-order chi connectivity index (χ0) is 17.1. The molecular weight excluding hydrogens is 330 g/mol. The topological polar surface area (TPSA) is 105 Å². The molecule has 0 spiro atoms. The number of aromatic nitrogens is 1. The summed E-state index contributed by atoms with van der Waals surface area (Å²) < 4.78 is 0. The lowest BCUT2D eigenvalue weighted by Crippen LogP contribution is -2.01. The van der Waals surface area contributed by atoms with Gasteiger partial charge in [-0.25, -0.2) is 9.78 Å². The van der Waals surface area contributed by atoms with E-state index in [0.29, 0.717) is 5.69 Å². The van der Waals surface area contributed by atoms with Gasteiger partial charge in [-0.1, -0.05) is 12.1 Å². The van der Waals surface area contributed by atoms with Gasteiger partial charge in [0.15, 0.2) is 0 Å². The number of thiazole rings is 1. The lowest BCUT2D eigenvalue weighted by Gasteiger charge is -2.09. The molecule has 0 aliphatic carbocycles. The largest absolute Gasteiger partial charge is 0.478 e. The molecule has 7 nitrogen and oxygen atoms in total. The molecule has 24 heavy (non-hydrogen) atoms. The Morgan fingerprint density at radius 3 is 2.75 bits per heavy atom. The Kier molecular flexibility index (Phi) is 4.21. The minimum absolute atomic E-state index is 0.135. The fourth-order valence-electron chi connectivity index (χ4n) is 2.17. The van der Waals surface area contributed by atoms with Gasteiger partial charge in [0, 0.05) is 28.9 Å². The van der Waals surface area contributed by atoms with Crippen molar-refractivity contribution in [3.05, 3.63) is 69.7 Å². The molecule has 1 heterocycles. The molecule has 0 atom stereocenters. The van der Waals surface area contributed by atoms with E-state index in [1.165, 1.54) is 23.5 Å². The van der Waals surface area contributed by atoms with Gasteiger partial charge in [-0.2, -0.15) is 0 Å². The number of nitrogens with zero attached hydrogens (tertiary/aromatic N) is 2. The van der Waals surface area contributed by atoms with Crippen LogP contribution in [0, 0.1) is 10.1 Å². The van der Waals surface area contributed by atoms with Crippen molar-refractivity contribution in [2.45, 2.75) is 0 Å². The first-order valence-electron chi connectivity index (χ1n) is 6.83. The van der Waals surface area contributed by atoms with Gasteiger partial charge >= 0.3 is 5.97 Å². The SMILES string of the molecule is O=C(O)c1ccc(Nc2cccc(-c3nccs3)c2)c([N+](=O)[O-])c1. The molecule has 0 saturated carbocycles. The van der Waals surface area contributed by atoms with Crippen molar-refractivity contribution in [2.75, 3.05) is 5.32 Å². The van der Waals surface area contributed by atoms with Crippen LogP contribution in [0.1, 0.15) is 10.4 Å². The normalized spacial score (nSPS) is 10.3. The monoisotopic (exact) mass is 341 g/mol. The third-order valence-electron chi connectivity index (χ3n) is 3.26. The van der Waals surface area contributed by atoms with Crippen LogP contribution in [0.15, 0.2) is 54.0 Å². The van der Waals surface area contributed by atoms with Crippen LogP contribution in [0.25, 0.3) is 10.6 Å². The number of nitrogens with one attached hydrogen (secondary N) is 1. The van der Waals surface area contributed by atoms with E-state index in [1.54, 1.807) is 12.3 Å². The van der Waals surface area contributed by atoms with Gasteiger partial charge in [0.05, 0.1) is 10.5 Å². The number of carboxylic acid groups (broad SMARTS) is 1. The van der Waals surface area contributed by atoms with E-state index in [-0.39, 0.29) is 16.9 Å². The minimum atomic E-state index is -1.21. The number of benzene rings is 2. The van der Waals surface area contributed by atoms with Crippen molar-refractivity contribution in [1.29, 1.82) is 0 Å². The summed E-state index contributed by atoms with van der Waals surface area (Å²) in [4.78, 5) is 25.8. The van der Waals surface area contributed by atoms with E-state index >= 15 is 0 Å². The number of rotatable bonds is 5. The van der Waals surface area contributed by atoms with Gasteiger partial charge in [-0.15, -0.1) is 11.3 Å². The van der Waals surface area contributed by atoms with Crippen molar-refractivity contribution < 1.29 is 14.8 Å². The Balaban J connectivity index is 1.95. The lowest BCUT2D eigenvalue weighted by molar-refractivity contribution is -0.383. The average molecular weight is 341 g/mol. The van der Waals surface area contributed by atoms with Crippen molar-refractivity contribution in [3.8, 4) is 10.6 Å². The summed E-state index contributed by atoms with van der Waals surface area (Å²) >= 11 is 1.49. The number of nitro benzene ring substituents is 1. The van der Waals surface area contributed by atoms with Crippen LogP contribution in [-0.4, -0.2) is 21.0 Å². The molecule has 8 heteroatoms. The zero-order valence-electron chi connectivity index (χ0n) is 12.2. The Hall–Kier alpha value is -3.26. The number of hydrogen-bond donors (Lipinski definition) is 2. The Labute approximate surface area is 140 Å². The van der Waals surface area contributed by atoms with Crippen LogP contribution < -0.4 is 5.32 Å². The fourth-order valence-corrected chi connectivity index (χ4v) is 2.81. The minimum Gasteiger partial charge on any atom is -0.478 e. The summed E-state index contributed by atoms with van der Waals surface area (Å²) in [5.74, 6) is -1.21. The summed E-state index contributed by atoms with van der Waals surface area (Å²) in [5.41, 5.74) is 1.33. The molecule has 0 bridgehead atoms. The van der Waals surface area contributed by atoms with Gasteiger partial charge in [0.1, 0.15) is 10.7 Å². The van der Waals surface area contributed by atoms with E-state index in [9.17, 15) is 14.9 Å². The highest BCUT2D eigenvalue weighted by Gasteiger charge is 2.17. The first-order valence-corrected chi connectivity index (χ1v) is 7.71. The maximum absolute atomic E-state index is 11.2. The number of hydrogen-bond acceptors (Lipinski definition) is 6. The molecule has 0 saturated heterocycles. The fraction of sp³-hybridized carbons (Fsp3) is 0. The van der Waals surface area contributed by atoms with Gasteiger partial charge in [0.25, 0.3) is 5.69 Å². The van der Waals surface area contributed by atoms with Gasteiger partial charge in [-0.3, -0.25) is 10.1 Å². The standard InChI is InChI=1S/C16H11N3O4S/c20-16(21)11-4-5-13(14(9-11)19(22)23)18-12-3-1-2-10(8-12)15-17-6-7-24-15/h1-9,18H,(H,20,21). The summed E-state index contributed by atoms with van der Waals surface area (Å²) in [6.45, 7) is 0. The molecule has 0 unspecified atom stereocenters. The molecule has 0 amide bonds. The number of aromatic carboxylic acids is 1. The highest BCUT2D eigenvalue weighted by molar-refractivity contribution is 7.13. The lowest BCUT2D eigenvalue weighted by atomic mass is 10.1. The molecule has 1 aromatic heterocycles. The van der Waals surface area contributed by atoms with E-state index < -0.39 is 10.9 Å². The third-order valence-corrected chi connectivity index (χ3v) is 4.08. The highest BCUT2D eigenvalue weighted by Crippen LogP contribution is 2.31. The van der Waals surface area contributed by atoms with Crippen LogP contribution in [0.3, 0.4) is 0 Å². The first kappa shape index (κ1) is 15.6. The number of carbonyl (C=O) groups is 1. The first-order chi connectivity index (χ1) is 11.5. The summed E-state index contributed by atoms with van der Waals surface area (Å²) in [6, 6.07) is 11.1.